The average Bonchev–Trinajstić information content (AvgIpc) is 3.06. The van der Waals surface area contributed by atoms with E-state index in [1.165, 1.54) is 50.2 Å². The molecule has 0 saturated carbocycles. The predicted octanol–water partition coefficient (Wildman–Crippen LogP) is 8.14. The van der Waals surface area contributed by atoms with Crippen LogP contribution in [0.1, 0.15) is 61.9 Å². The zero-order chi connectivity index (χ0) is 20.7. The van der Waals surface area contributed by atoms with Crippen LogP contribution in [-0.2, 0) is 0 Å². The number of nitrogens with zero attached hydrogens (tertiary/aromatic N) is 1. The standard InChI is InChI=1S/C28H31N/c1-18(2)26-25-12-7-8-15-29(25)28(19(3)4)27(26)24-11-9-10-22(17-24)23-14-13-20(5)21(6)16-23/h7-19H,1-6H3. The smallest absolute Gasteiger partial charge is 0.0494 e. The number of fused-ring (bicyclic) bond motifs is 1. The Labute approximate surface area is 175 Å². The second-order valence-corrected chi connectivity index (χ2v) is 8.82. The minimum atomic E-state index is 0.442. The third kappa shape index (κ3) is 3.40. The fourth-order valence-electron chi connectivity index (χ4n) is 4.49. The van der Waals surface area contributed by atoms with Gasteiger partial charge in [0, 0.05) is 23.0 Å². The van der Waals surface area contributed by atoms with E-state index in [0.29, 0.717) is 11.8 Å². The molecular formula is C28H31N. The second kappa shape index (κ2) is 7.55. The van der Waals surface area contributed by atoms with Crippen molar-refractivity contribution in [3.63, 3.8) is 0 Å². The van der Waals surface area contributed by atoms with Crippen molar-refractivity contribution in [1.29, 1.82) is 0 Å². The fraction of sp³-hybridized carbons (Fsp3) is 0.286. The van der Waals surface area contributed by atoms with Crippen molar-refractivity contribution < 1.29 is 0 Å². The highest BCUT2D eigenvalue weighted by atomic mass is 14.9. The van der Waals surface area contributed by atoms with Crippen LogP contribution in [-0.4, -0.2) is 4.40 Å². The highest BCUT2D eigenvalue weighted by Crippen LogP contribution is 2.41. The summed E-state index contributed by atoms with van der Waals surface area (Å²) in [6, 6.07) is 22.4. The molecule has 4 rings (SSSR count). The number of aryl methyl sites for hydroxylation is 2. The lowest BCUT2D eigenvalue weighted by atomic mass is 9.89. The Morgan fingerprint density at radius 3 is 2.07 bits per heavy atom. The lowest BCUT2D eigenvalue weighted by molar-refractivity contribution is 0.811. The predicted molar refractivity (Wildman–Crippen MR) is 126 cm³/mol. The van der Waals surface area contributed by atoms with E-state index in [9.17, 15) is 0 Å². The van der Waals surface area contributed by atoms with Crippen molar-refractivity contribution in [2.24, 2.45) is 0 Å². The molecular weight excluding hydrogens is 350 g/mol. The maximum Gasteiger partial charge on any atom is 0.0494 e. The molecule has 0 radical (unpaired) electrons. The van der Waals surface area contributed by atoms with Crippen molar-refractivity contribution in [1.82, 2.24) is 4.40 Å². The summed E-state index contributed by atoms with van der Waals surface area (Å²) in [6.45, 7) is 13.6. The monoisotopic (exact) mass is 381 g/mol. The normalized spacial score (nSPS) is 11.7. The lowest BCUT2D eigenvalue weighted by Gasteiger charge is -2.14. The van der Waals surface area contributed by atoms with Crippen molar-refractivity contribution in [2.45, 2.75) is 53.4 Å². The Morgan fingerprint density at radius 1 is 0.655 bits per heavy atom. The van der Waals surface area contributed by atoms with Crippen LogP contribution < -0.4 is 0 Å². The largest absolute Gasteiger partial charge is 0.320 e. The van der Waals surface area contributed by atoms with Gasteiger partial charge in [-0.2, -0.15) is 0 Å². The van der Waals surface area contributed by atoms with Crippen LogP contribution in [0.15, 0.2) is 66.9 Å². The quantitative estimate of drug-likeness (QED) is 0.336. The summed E-state index contributed by atoms with van der Waals surface area (Å²) in [6.07, 6.45) is 2.22. The fourth-order valence-corrected chi connectivity index (χ4v) is 4.49. The van der Waals surface area contributed by atoms with Gasteiger partial charge in [0.15, 0.2) is 0 Å². The summed E-state index contributed by atoms with van der Waals surface area (Å²) in [4.78, 5) is 0. The van der Waals surface area contributed by atoms with E-state index in [1.807, 2.05) is 0 Å². The first-order valence-electron chi connectivity index (χ1n) is 10.7. The van der Waals surface area contributed by atoms with Crippen LogP contribution in [0.25, 0.3) is 27.8 Å². The van der Waals surface area contributed by atoms with Crippen LogP contribution in [0.2, 0.25) is 0 Å². The number of hydrogen-bond acceptors (Lipinski definition) is 0. The van der Waals surface area contributed by atoms with E-state index >= 15 is 0 Å². The number of aromatic nitrogens is 1. The van der Waals surface area contributed by atoms with Crippen molar-refractivity contribution in [3.8, 4) is 22.3 Å². The van der Waals surface area contributed by atoms with Crippen LogP contribution in [0.4, 0.5) is 0 Å². The highest BCUT2D eigenvalue weighted by Gasteiger charge is 2.23. The Balaban J connectivity index is 1.99. The van der Waals surface area contributed by atoms with Crippen LogP contribution in [0.5, 0.6) is 0 Å². The summed E-state index contributed by atoms with van der Waals surface area (Å²) in [5, 5.41) is 0. The van der Waals surface area contributed by atoms with E-state index in [2.05, 4.69) is 113 Å². The van der Waals surface area contributed by atoms with Crippen LogP contribution in [0, 0.1) is 13.8 Å². The Bertz CT molecular complexity index is 1130. The molecule has 0 saturated heterocycles. The number of hydrogen-bond donors (Lipinski definition) is 0. The zero-order valence-electron chi connectivity index (χ0n) is 18.5. The molecule has 0 bridgehead atoms. The van der Waals surface area contributed by atoms with Gasteiger partial charge in [0.1, 0.15) is 0 Å². The summed E-state index contributed by atoms with van der Waals surface area (Å²) < 4.78 is 2.40. The summed E-state index contributed by atoms with van der Waals surface area (Å²) in [5.41, 5.74) is 12.2. The molecule has 4 aromatic rings. The number of benzene rings is 2. The second-order valence-electron chi connectivity index (χ2n) is 8.82. The van der Waals surface area contributed by atoms with Gasteiger partial charge in [-0.1, -0.05) is 70.2 Å². The number of pyridine rings is 1. The lowest BCUT2D eigenvalue weighted by Crippen LogP contribution is -1.97. The van der Waals surface area contributed by atoms with E-state index in [-0.39, 0.29) is 0 Å². The molecule has 148 valence electrons. The van der Waals surface area contributed by atoms with Gasteiger partial charge in [-0.15, -0.1) is 0 Å². The summed E-state index contributed by atoms with van der Waals surface area (Å²) in [5.74, 6) is 0.901. The van der Waals surface area contributed by atoms with E-state index in [0.717, 1.165) is 0 Å². The average molecular weight is 382 g/mol. The topological polar surface area (TPSA) is 4.41 Å². The molecule has 0 unspecified atom stereocenters. The van der Waals surface area contributed by atoms with Crippen LogP contribution >= 0.6 is 0 Å². The molecule has 0 amide bonds. The van der Waals surface area contributed by atoms with E-state index in [4.69, 9.17) is 0 Å². The maximum absolute atomic E-state index is 2.40. The van der Waals surface area contributed by atoms with Gasteiger partial charge in [-0.25, -0.2) is 0 Å². The van der Waals surface area contributed by atoms with Gasteiger partial charge in [0.2, 0.25) is 0 Å². The molecule has 0 spiro atoms. The Hall–Kier alpha value is -2.80. The van der Waals surface area contributed by atoms with Crippen molar-refractivity contribution >= 4 is 5.52 Å². The molecule has 0 aliphatic heterocycles. The molecule has 0 atom stereocenters. The molecule has 2 heterocycles. The van der Waals surface area contributed by atoms with Gasteiger partial charge < -0.3 is 4.40 Å². The van der Waals surface area contributed by atoms with Gasteiger partial charge in [-0.05, 0) is 77.3 Å². The molecule has 0 aliphatic rings. The van der Waals surface area contributed by atoms with Gasteiger partial charge in [0.05, 0.1) is 0 Å². The third-order valence-corrected chi connectivity index (χ3v) is 6.04. The highest BCUT2D eigenvalue weighted by molar-refractivity contribution is 5.83. The molecule has 2 aromatic heterocycles. The minimum absolute atomic E-state index is 0.442. The first-order chi connectivity index (χ1) is 13.9. The first kappa shape index (κ1) is 19.5. The Morgan fingerprint density at radius 2 is 1.38 bits per heavy atom. The maximum atomic E-state index is 2.40. The zero-order valence-corrected chi connectivity index (χ0v) is 18.5. The number of rotatable bonds is 4. The van der Waals surface area contributed by atoms with E-state index < -0.39 is 0 Å². The SMILES string of the molecule is Cc1ccc(-c2cccc(-c3c(C(C)C)c4ccccn4c3C(C)C)c2)cc1C. The molecule has 2 aromatic carbocycles. The van der Waals surface area contributed by atoms with Crippen LogP contribution in [0.3, 0.4) is 0 Å². The van der Waals surface area contributed by atoms with Gasteiger partial charge in [0.25, 0.3) is 0 Å². The first-order valence-corrected chi connectivity index (χ1v) is 10.7. The molecule has 29 heavy (non-hydrogen) atoms. The Kier molecular flexibility index (Phi) is 5.08. The summed E-state index contributed by atoms with van der Waals surface area (Å²) in [7, 11) is 0. The molecule has 0 N–H and O–H groups in total. The van der Waals surface area contributed by atoms with Crippen molar-refractivity contribution in [3.05, 3.63) is 89.2 Å². The molecule has 0 aliphatic carbocycles. The van der Waals surface area contributed by atoms with Gasteiger partial charge >= 0.3 is 0 Å². The molecule has 1 nitrogen and oxygen atoms in total. The minimum Gasteiger partial charge on any atom is -0.320 e. The third-order valence-electron chi connectivity index (χ3n) is 6.04. The van der Waals surface area contributed by atoms with Gasteiger partial charge in [-0.3, -0.25) is 0 Å². The molecule has 1 heteroatoms. The van der Waals surface area contributed by atoms with E-state index in [1.54, 1.807) is 0 Å². The summed E-state index contributed by atoms with van der Waals surface area (Å²) >= 11 is 0. The molecule has 0 fully saturated rings. The van der Waals surface area contributed by atoms with Crippen molar-refractivity contribution in [2.75, 3.05) is 0 Å².